The van der Waals surface area contributed by atoms with Crippen LogP contribution in [0.5, 0.6) is 0 Å². The number of esters is 1. The molecule has 0 aliphatic carbocycles. The molecule has 0 spiro atoms. The molecule has 0 bridgehead atoms. The second kappa shape index (κ2) is 6.76. The van der Waals surface area contributed by atoms with Gasteiger partial charge >= 0.3 is 12.0 Å². The van der Waals surface area contributed by atoms with Crippen LogP contribution in [0.15, 0.2) is 48.5 Å². The van der Waals surface area contributed by atoms with Crippen LogP contribution in [0.3, 0.4) is 0 Å². The molecule has 2 aromatic carbocycles. The highest BCUT2D eigenvalue weighted by molar-refractivity contribution is 6.33. The summed E-state index contributed by atoms with van der Waals surface area (Å²) < 4.78 is 4.62. The molecule has 2 N–H and O–H groups in total. The number of hydrogen-bond acceptors (Lipinski definition) is 3. The first-order valence-electron chi connectivity index (χ1n) is 6.11. The summed E-state index contributed by atoms with van der Waals surface area (Å²) >= 11 is 5.95. The summed E-state index contributed by atoms with van der Waals surface area (Å²) in [5.41, 5.74) is 1.33. The van der Waals surface area contributed by atoms with Gasteiger partial charge < -0.3 is 15.4 Å². The molecule has 0 aliphatic heterocycles. The number of hydrogen-bond donors (Lipinski definition) is 2. The zero-order valence-electron chi connectivity index (χ0n) is 11.2. The Morgan fingerprint density at radius 2 is 1.81 bits per heavy atom. The lowest BCUT2D eigenvalue weighted by atomic mass is 10.2. The summed E-state index contributed by atoms with van der Waals surface area (Å²) in [6.07, 6.45) is 0. The van der Waals surface area contributed by atoms with E-state index in [1.165, 1.54) is 13.2 Å². The van der Waals surface area contributed by atoms with Crippen molar-refractivity contribution in [1.82, 2.24) is 0 Å². The standard InChI is InChI=1S/C15H13ClN2O3/c1-21-14(19)10-5-4-6-11(9-10)17-15(20)18-13-8-3-2-7-12(13)16/h2-9H,1H3,(H2,17,18,20). The molecule has 108 valence electrons. The number of nitrogens with one attached hydrogen (secondary N) is 2. The van der Waals surface area contributed by atoms with Crippen molar-refractivity contribution in [2.75, 3.05) is 17.7 Å². The van der Waals surface area contributed by atoms with Crippen LogP contribution in [0, 0.1) is 0 Å². The molecule has 0 fully saturated rings. The van der Waals surface area contributed by atoms with Crippen LogP contribution in [0.1, 0.15) is 10.4 Å². The lowest BCUT2D eigenvalue weighted by Crippen LogP contribution is -2.19. The minimum absolute atomic E-state index is 0.355. The van der Waals surface area contributed by atoms with Gasteiger partial charge in [-0.15, -0.1) is 0 Å². The Balaban J connectivity index is 2.06. The Hall–Kier alpha value is -2.53. The monoisotopic (exact) mass is 304 g/mol. The Bertz CT molecular complexity index is 673. The van der Waals surface area contributed by atoms with Gasteiger partial charge in [-0.1, -0.05) is 29.8 Å². The number of anilines is 2. The quantitative estimate of drug-likeness (QED) is 0.848. The van der Waals surface area contributed by atoms with Crippen molar-refractivity contribution in [3.8, 4) is 0 Å². The second-order valence-electron chi connectivity index (χ2n) is 4.13. The van der Waals surface area contributed by atoms with Gasteiger partial charge in [-0.2, -0.15) is 0 Å². The molecule has 0 saturated carbocycles. The van der Waals surface area contributed by atoms with Crippen molar-refractivity contribution in [2.24, 2.45) is 0 Å². The van der Waals surface area contributed by atoms with Gasteiger partial charge in [0, 0.05) is 5.69 Å². The van der Waals surface area contributed by atoms with Gasteiger partial charge in [0.25, 0.3) is 0 Å². The first kappa shape index (κ1) is 14.9. The minimum Gasteiger partial charge on any atom is -0.465 e. The summed E-state index contributed by atoms with van der Waals surface area (Å²) in [6.45, 7) is 0. The Morgan fingerprint density at radius 3 is 2.52 bits per heavy atom. The van der Waals surface area contributed by atoms with Gasteiger partial charge in [0.2, 0.25) is 0 Å². The lowest BCUT2D eigenvalue weighted by Gasteiger charge is -2.09. The predicted octanol–water partition coefficient (Wildman–Crippen LogP) is 3.77. The van der Waals surface area contributed by atoms with Crippen LogP contribution in [-0.4, -0.2) is 19.1 Å². The van der Waals surface area contributed by atoms with Gasteiger partial charge in [0.15, 0.2) is 0 Å². The molecule has 5 nitrogen and oxygen atoms in total. The Kier molecular flexibility index (Phi) is 4.79. The maximum Gasteiger partial charge on any atom is 0.337 e. The number of halogens is 1. The maximum absolute atomic E-state index is 11.9. The number of methoxy groups -OCH3 is 1. The summed E-state index contributed by atoms with van der Waals surface area (Å²) in [6, 6.07) is 12.9. The van der Waals surface area contributed by atoms with Gasteiger partial charge in [-0.05, 0) is 30.3 Å². The topological polar surface area (TPSA) is 67.4 Å². The van der Waals surface area contributed by atoms with E-state index < -0.39 is 12.0 Å². The second-order valence-corrected chi connectivity index (χ2v) is 4.54. The van der Waals surface area contributed by atoms with Crippen molar-refractivity contribution in [3.63, 3.8) is 0 Å². The van der Waals surface area contributed by atoms with Gasteiger partial charge in [-0.3, -0.25) is 0 Å². The summed E-state index contributed by atoms with van der Waals surface area (Å²) in [4.78, 5) is 23.3. The normalized spacial score (nSPS) is 9.81. The molecule has 2 amide bonds. The number of ether oxygens (including phenoxy) is 1. The van der Waals surface area contributed by atoms with Crippen LogP contribution in [-0.2, 0) is 4.74 Å². The SMILES string of the molecule is COC(=O)c1cccc(NC(=O)Nc2ccccc2Cl)c1. The molecular weight excluding hydrogens is 292 g/mol. The molecule has 0 aliphatic rings. The van der Waals surface area contributed by atoms with Crippen molar-refractivity contribution >= 4 is 35.0 Å². The fourth-order valence-electron chi connectivity index (χ4n) is 1.69. The van der Waals surface area contributed by atoms with E-state index in [1.807, 2.05) is 0 Å². The minimum atomic E-state index is -0.467. The van der Waals surface area contributed by atoms with Crippen LogP contribution in [0.2, 0.25) is 5.02 Å². The largest absolute Gasteiger partial charge is 0.465 e. The van der Waals surface area contributed by atoms with Crippen LogP contribution < -0.4 is 10.6 Å². The summed E-state index contributed by atoms with van der Waals surface area (Å²) in [7, 11) is 1.30. The molecule has 6 heteroatoms. The molecule has 2 rings (SSSR count). The smallest absolute Gasteiger partial charge is 0.337 e. The van der Waals surface area contributed by atoms with Gasteiger partial charge in [0.1, 0.15) is 0 Å². The van der Waals surface area contributed by atoms with E-state index in [0.717, 1.165) is 0 Å². The average Bonchev–Trinajstić information content (AvgIpc) is 2.49. The van der Waals surface area contributed by atoms with Crippen LogP contribution in [0.25, 0.3) is 0 Å². The van der Waals surface area contributed by atoms with E-state index in [9.17, 15) is 9.59 Å². The molecule has 2 aromatic rings. The fourth-order valence-corrected chi connectivity index (χ4v) is 1.87. The van der Waals surface area contributed by atoms with E-state index in [2.05, 4.69) is 15.4 Å². The molecular formula is C15H13ClN2O3. The van der Waals surface area contributed by atoms with Crippen molar-refractivity contribution in [3.05, 3.63) is 59.1 Å². The van der Waals surface area contributed by atoms with Crippen molar-refractivity contribution in [2.45, 2.75) is 0 Å². The third-order valence-electron chi connectivity index (χ3n) is 2.66. The van der Waals surface area contributed by atoms with E-state index >= 15 is 0 Å². The first-order valence-corrected chi connectivity index (χ1v) is 6.49. The number of urea groups is 1. The summed E-state index contributed by atoms with van der Waals surface area (Å²) in [5, 5.41) is 5.68. The number of carbonyl (C=O) groups is 2. The number of benzene rings is 2. The number of carbonyl (C=O) groups excluding carboxylic acids is 2. The molecule has 0 saturated heterocycles. The molecule has 0 heterocycles. The van der Waals surface area contributed by atoms with Gasteiger partial charge in [-0.25, -0.2) is 9.59 Å². The molecule has 0 radical (unpaired) electrons. The molecule has 0 unspecified atom stereocenters. The number of rotatable bonds is 3. The summed E-state index contributed by atoms with van der Waals surface area (Å²) in [5.74, 6) is -0.467. The van der Waals surface area contributed by atoms with E-state index in [1.54, 1.807) is 42.5 Å². The molecule has 21 heavy (non-hydrogen) atoms. The highest BCUT2D eigenvalue weighted by Gasteiger charge is 2.08. The molecule has 0 aromatic heterocycles. The number of para-hydroxylation sites is 1. The van der Waals surface area contributed by atoms with E-state index in [-0.39, 0.29) is 0 Å². The van der Waals surface area contributed by atoms with Crippen LogP contribution >= 0.6 is 11.6 Å². The van der Waals surface area contributed by atoms with Crippen molar-refractivity contribution in [1.29, 1.82) is 0 Å². The van der Waals surface area contributed by atoms with E-state index in [0.29, 0.717) is 22.0 Å². The highest BCUT2D eigenvalue weighted by atomic mass is 35.5. The van der Waals surface area contributed by atoms with Gasteiger partial charge in [0.05, 0.1) is 23.4 Å². The van der Waals surface area contributed by atoms with E-state index in [4.69, 9.17) is 11.6 Å². The first-order chi connectivity index (χ1) is 10.1. The fraction of sp³-hybridized carbons (Fsp3) is 0.0667. The third-order valence-corrected chi connectivity index (χ3v) is 2.99. The highest BCUT2D eigenvalue weighted by Crippen LogP contribution is 2.20. The maximum atomic E-state index is 11.9. The van der Waals surface area contributed by atoms with Crippen molar-refractivity contribution < 1.29 is 14.3 Å². The zero-order valence-corrected chi connectivity index (χ0v) is 12.0. The Morgan fingerprint density at radius 1 is 1.05 bits per heavy atom. The lowest BCUT2D eigenvalue weighted by molar-refractivity contribution is 0.0600. The predicted molar refractivity (Wildman–Crippen MR) is 81.9 cm³/mol. The average molecular weight is 305 g/mol. The van der Waals surface area contributed by atoms with Crippen LogP contribution in [0.4, 0.5) is 16.2 Å². The number of amides is 2. The molecule has 0 atom stereocenters. The zero-order chi connectivity index (χ0) is 15.2. The Labute approximate surface area is 126 Å². The third kappa shape index (κ3) is 3.97.